The van der Waals surface area contributed by atoms with Gasteiger partial charge in [0.25, 0.3) is 0 Å². The van der Waals surface area contributed by atoms with Crippen molar-refractivity contribution in [2.24, 2.45) is 0 Å². The number of hydrogen-bond acceptors (Lipinski definition) is 6. The van der Waals surface area contributed by atoms with Gasteiger partial charge >= 0.3 is 6.03 Å². The maximum Gasteiger partial charge on any atom is 0.318 e. The Hall–Kier alpha value is -4.20. The largest absolute Gasteiger partial charge is 0.368 e. The van der Waals surface area contributed by atoms with E-state index in [1.807, 2.05) is 67.1 Å². The summed E-state index contributed by atoms with van der Waals surface area (Å²) in [4.78, 5) is 29.8. The molecule has 5 rings (SSSR count). The van der Waals surface area contributed by atoms with Gasteiger partial charge in [0.05, 0.1) is 17.2 Å². The maximum absolute atomic E-state index is 11.5. The monoisotopic (exact) mass is 439 g/mol. The second-order valence-corrected chi connectivity index (χ2v) is 7.89. The first-order valence-corrected chi connectivity index (χ1v) is 11.0. The lowest BCUT2D eigenvalue weighted by Crippen LogP contribution is -2.46. The molecule has 0 atom stereocenters. The molecule has 8 nitrogen and oxygen atoms in total. The van der Waals surface area contributed by atoms with Gasteiger partial charge in [0.1, 0.15) is 5.82 Å². The van der Waals surface area contributed by atoms with E-state index in [0.717, 1.165) is 59.8 Å². The van der Waals surface area contributed by atoms with Crippen molar-refractivity contribution in [3.05, 3.63) is 73.2 Å². The molecule has 0 saturated carbocycles. The first-order chi connectivity index (χ1) is 16.2. The van der Waals surface area contributed by atoms with Crippen molar-refractivity contribution in [3.8, 4) is 11.1 Å². The number of piperazine rings is 1. The van der Waals surface area contributed by atoms with Crippen LogP contribution in [-0.2, 0) is 0 Å². The molecule has 0 unspecified atom stereocenters. The summed E-state index contributed by atoms with van der Waals surface area (Å²) < 4.78 is 0. The van der Waals surface area contributed by atoms with Crippen molar-refractivity contribution in [1.82, 2.24) is 20.3 Å². The number of nitrogens with one attached hydrogen (secondary N) is 2. The van der Waals surface area contributed by atoms with Gasteiger partial charge in [-0.15, -0.1) is 0 Å². The summed E-state index contributed by atoms with van der Waals surface area (Å²) in [5.74, 6) is 0.902. The van der Waals surface area contributed by atoms with Crippen molar-refractivity contribution in [2.75, 3.05) is 48.3 Å². The van der Waals surface area contributed by atoms with E-state index >= 15 is 0 Å². The third-order valence-corrected chi connectivity index (χ3v) is 5.86. The minimum atomic E-state index is -0.238. The average molecular weight is 440 g/mol. The molecular formula is C25H25N7O. The van der Waals surface area contributed by atoms with Crippen LogP contribution in [0.5, 0.6) is 0 Å². The maximum atomic E-state index is 11.5. The van der Waals surface area contributed by atoms with Crippen LogP contribution in [0.3, 0.4) is 0 Å². The molecule has 2 aromatic heterocycles. The molecule has 0 bridgehead atoms. The van der Waals surface area contributed by atoms with E-state index in [1.165, 1.54) is 5.69 Å². The SMILES string of the molecule is CNC(=O)Nc1ccc(-c2ccc3ncc(N4CCN(c5ccncc5)CC4)nc3c2)cc1. The molecule has 3 heterocycles. The predicted molar refractivity (Wildman–Crippen MR) is 132 cm³/mol. The van der Waals surface area contributed by atoms with Gasteiger partial charge in [0.2, 0.25) is 0 Å². The number of rotatable bonds is 4. The second-order valence-electron chi connectivity index (χ2n) is 7.89. The Kier molecular flexibility index (Phi) is 5.72. The van der Waals surface area contributed by atoms with Gasteiger partial charge in [0.15, 0.2) is 0 Å². The van der Waals surface area contributed by atoms with E-state index in [-0.39, 0.29) is 6.03 Å². The van der Waals surface area contributed by atoms with Crippen LogP contribution in [0.1, 0.15) is 0 Å². The lowest BCUT2D eigenvalue weighted by atomic mass is 10.0. The zero-order valence-corrected chi connectivity index (χ0v) is 18.4. The van der Waals surface area contributed by atoms with Gasteiger partial charge < -0.3 is 20.4 Å². The van der Waals surface area contributed by atoms with Crippen LogP contribution in [0.15, 0.2) is 73.2 Å². The highest BCUT2D eigenvalue weighted by Crippen LogP contribution is 2.26. The van der Waals surface area contributed by atoms with Gasteiger partial charge in [-0.05, 0) is 47.5 Å². The molecule has 1 aliphatic heterocycles. The highest BCUT2D eigenvalue weighted by Gasteiger charge is 2.19. The lowest BCUT2D eigenvalue weighted by molar-refractivity contribution is 0.254. The minimum absolute atomic E-state index is 0.238. The second kappa shape index (κ2) is 9.12. The number of urea groups is 1. The molecular weight excluding hydrogens is 414 g/mol. The fourth-order valence-electron chi connectivity index (χ4n) is 4.02. The molecule has 4 aromatic rings. The normalized spacial score (nSPS) is 13.7. The van der Waals surface area contributed by atoms with E-state index in [1.54, 1.807) is 7.05 Å². The van der Waals surface area contributed by atoms with Crippen molar-refractivity contribution >= 4 is 34.3 Å². The van der Waals surface area contributed by atoms with Crippen LogP contribution in [0.25, 0.3) is 22.2 Å². The van der Waals surface area contributed by atoms with Crippen LogP contribution in [0.2, 0.25) is 0 Å². The Labute approximate surface area is 192 Å². The number of carbonyl (C=O) groups is 1. The van der Waals surface area contributed by atoms with Gasteiger partial charge in [-0.25, -0.2) is 9.78 Å². The fraction of sp³-hybridized carbons (Fsp3) is 0.200. The van der Waals surface area contributed by atoms with E-state index < -0.39 is 0 Å². The number of fused-ring (bicyclic) bond motifs is 1. The Morgan fingerprint density at radius 1 is 0.848 bits per heavy atom. The number of hydrogen-bond donors (Lipinski definition) is 2. The fourth-order valence-corrected chi connectivity index (χ4v) is 4.02. The molecule has 0 aliphatic carbocycles. The highest BCUT2D eigenvalue weighted by molar-refractivity contribution is 5.89. The zero-order valence-electron chi connectivity index (χ0n) is 18.4. The molecule has 33 heavy (non-hydrogen) atoms. The molecule has 2 N–H and O–H groups in total. The quantitative estimate of drug-likeness (QED) is 0.503. The van der Waals surface area contributed by atoms with Crippen molar-refractivity contribution in [1.29, 1.82) is 0 Å². The molecule has 166 valence electrons. The minimum Gasteiger partial charge on any atom is -0.368 e. The molecule has 1 fully saturated rings. The summed E-state index contributed by atoms with van der Waals surface area (Å²) in [7, 11) is 1.59. The molecule has 0 spiro atoms. The Morgan fingerprint density at radius 3 is 2.27 bits per heavy atom. The third-order valence-electron chi connectivity index (χ3n) is 5.86. The zero-order chi connectivity index (χ0) is 22.6. The molecule has 8 heteroatoms. The Bertz CT molecular complexity index is 1250. The van der Waals surface area contributed by atoms with Gasteiger partial charge in [-0.2, -0.15) is 0 Å². The summed E-state index contributed by atoms with van der Waals surface area (Å²) in [5.41, 5.74) is 5.80. The summed E-state index contributed by atoms with van der Waals surface area (Å²) in [6.45, 7) is 3.64. The van der Waals surface area contributed by atoms with Crippen LogP contribution < -0.4 is 20.4 Å². The molecule has 1 saturated heterocycles. The number of carbonyl (C=O) groups excluding carboxylic acids is 1. The molecule has 1 aliphatic rings. The lowest BCUT2D eigenvalue weighted by Gasteiger charge is -2.36. The molecule has 2 aromatic carbocycles. The number of nitrogens with zero attached hydrogens (tertiary/aromatic N) is 5. The average Bonchev–Trinajstić information content (AvgIpc) is 2.89. The van der Waals surface area contributed by atoms with E-state index in [4.69, 9.17) is 4.98 Å². The van der Waals surface area contributed by atoms with Gasteiger partial charge in [-0.1, -0.05) is 18.2 Å². The van der Waals surface area contributed by atoms with Crippen molar-refractivity contribution < 1.29 is 4.79 Å². The molecule has 0 radical (unpaired) electrons. The number of pyridine rings is 1. The number of benzene rings is 2. The summed E-state index contributed by atoms with van der Waals surface area (Å²) in [6.07, 6.45) is 5.53. The molecule has 2 amide bonds. The van der Waals surface area contributed by atoms with Crippen molar-refractivity contribution in [2.45, 2.75) is 0 Å². The topological polar surface area (TPSA) is 86.3 Å². The standard InChI is InChI=1S/C25H25N7O/c1-26-25(33)29-20-5-2-18(3-6-20)19-4-7-22-23(16-19)30-24(17-28-22)32-14-12-31(13-15-32)21-8-10-27-11-9-21/h2-11,16-17H,12-15H2,1H3,(H2,26,29,33). The summed E-state index contributed by atoms with van der Waals surface area (Å²) in [5, 5.41) is 5.32. The number of aromatic nitrogens is 3. The van der Waals surface area contributed by atoms with E-state index in [0.29, 0.717) is 0 Å². The van der Waals surface area contributed by atoms with Crippen LogP contribution in [0.4, 0.5) is 22.0 Å². The van der Waals surface area contributed by atoms with Crippen LogP contribution in [0, 0.1) is 0 Å². The first kappa shape index (κ1) is 20.7. The third kappa shape index (κ3) is 4.55. The Balaban J connectivity index is 1.32. The van der Waals surface area contributed by atoms with Gasteiger partial charge in [0, 0.05) is 57.0 Å². The van der Waals surface area contributed by atoms with Crippen LogP contribution in [-0.4, -0.2) is 54.2 Å². The van der Waals surface area contributed by atoms with Gasteiger partial charge in [-0.3, -0.25) is 9.97 Å². The Morgan fingerprint density at radius 2 is 1.55 bits per heavy atom. The number of anilines is 3. The predicted octanol–water partition coefficient (Wildman–Crippen LogP) is 3.77. The summed E-state index contributed by atoms with van der Waals surface area (Å²) >= 11 is 0. The van der Waals surface area contributed by atoms with E-state index in [9.17, 15) is 4.79 Å². The van der Waals surface area contributed by atoms with Crippen LogP contribution >= 0.6 is 0 Å². The first-order valence-electron chi connectivity index (χ1n) is 11.0. The van der Waals surface area contributed by atoms with Crippen molar-refractivity contribution in [3.63, 3.8) is 0 Å². The number of amides is 2. The highest BCUT2D eigenvalue weighted by atomic mass is 16.2. The van der Waals surface area contributed by atoms with E-state index in [2.05, 4.69) is 36.5 Å². The smallest absolute Gasteiger partial charge is 0.318 e. The summed E-state index contributed by atoms with van der Waals surface area (Å²) in [6, 6.07) is 17.7.